The summed E-state index contributed by atoms with van der Waals surface area (Å²) in [4.78, 5) is 2.38. The summed E-state index contributed by atoms with van der Waals surface area (Å²) in [6.45, 7) is 8.80. The van der Waals surface area contributed by atoms with Gasteiger partial charge >= 0.3 is 0 Å². The minimum Gasteiger partial charge on any atom is -0.367 e. The zero-order valence-corrected chi connectivity index (χ0v) is 20.2. The van der Waals surface area contributed by atoms with E-state index in [0.717, 1.165) is 0 Å². The second kappa shape index (κ2) is 11.5. The molecule has 0 saturated heterocycles. The monoisotopic (exact) mass is 423 g/mol. The average Bonchev–Trinajstić information content (AvgIpc) is 3.14. The van der Waals surface area contributed by atoms with Gasteiger partial charge < -0.3 is 4.90 Å². The van der Waals surface area contributed by atoms with E-state index in [1.807, 2.05) is 18.2 Å². The van der Waals surface area contributed by atoms with Crippen LogP contribution >= 0.6 is 0 Å². The molecule has 1 aliphatic heterocycles. The van der Waals surface area contributed by atoms with Crippen LogP contribution in [0.25, 0.3) is 0 Å². The molecule has 1 nitrogen and oxygen atoms in total. The van der Waals surface area contributed by atoms with Crippen molar-refractivity contribution in [3.05, 3.63) is 125 Å². The lowest BCUT2D eigenvalue weighted by Crippen LogP contribution is -2.30. The molecule has 2 aliphatic rings. The molecule has 3 atom stereocenters. The van der Waals surface area contributed by atoms with Gasteiger partial charge in [0, 0.05) is 18.7 Å². The van der Waals surface area contributed by atoms with Crippen molar-refractivity contribution in [1.82, 2.24) is 0 Å². The molecule has 0 amide bonds. The van der Waals surface area contributed by atoms with Crippen molar-refractivity contribution in [3.8, 4) is 0 Å². The van der Waals surface area contributed by atoms with Gasteiger partial charge in [0.2, 0.25) is 0 Å². The fourth-order valence-corrected chi connectivity index (χ4v) is 4.37. The Labute approximate surface area is 195 Å². The van der Waals surface area contributed by atoms with Crippen LogP contribution in [-0.4, -0.2) is 13.1 Å². The van der Waals surface area contributed by atoms with E-state index < -0.39 is 0 Å². The van der Waals surface area contributed by atoms with E-state index in [2.05, 4.69) is 125 Å². The predicted molar refractivity (Wildman–Crippen MR) is 141 cm³/mol. The number of allylic oxidation sites excluding steroid dienone is 2. The van der Waals surface area contributed by atoms with Crippen LogP contribution in [0.2, 0.25) is 0 Å². The number of hydrogen-bond acceptors (Lipinski definition) is 1. The Balaban J connectivity index is 0.000000147. The lowest BCUT2D eigenvalue weighted by molar-refractivity contribution is 0.691. The predicted octanol–water partition coefficient (Wildman–Crippen LogP) is 8.30. The van der Waals surface area contributed by atoms with Gasteiger partial charge in [0.05, 0.1) is 6.04 Å². The molecule has 0 spiro atoms. The molecular weight excluding hydrogens is 386 g/mol. The van der Waals surface area contributed by atoms with Gasteiger partial charge in [-0.05, 0) is 43.4 Å². The summed E-state index contributed by atoms with van der Waals surface area (Å²) in [5, 5.41) is 0. The molecule has 0 saturated carbocycles. The molecule has 1 heterocycles. The quantitative estimate of drug-likeness (QED) is 0.400. The lowest BCUT2D eigenvalue weighted by atomic mass is 9.85. The van der Waals surface area contributed by atoms with E-state index >= 15 is 0 Å². The highest BCUT2D eigenvalue weighted by Crippen LogP contribution is 2.45. The number of para-hydroxylation sites is 1. The van der Waals surface area contributed by atoms with Crippen LogP contribution in [0.1, 0.15) is 55.7 Å². The van der Waals surface area contributed by atoms with Crippen molar-refractivity contribution in [2.45, 2.75) is 52.0 Å². The van der Waals surface area contributed by atoms with Crippen molar-refractivity contribution in [2.24, 2.45) is 0 Å². The van der Waals surface area contributed by atoms with E-state index in [4.69, 9.17) is 0 Å². The number of nitrogens with zero attached hydrogens (tertiary/aromatic N) is 1. The summed E-state index contributed by atoms with van der Waals surface area (Å²) in [6, 6.07) is 30.2. The third-order valence-electron chi connectivity index (χ3n) is 6.52. The number of benzene rings is 3. The van der Waals surface area contributed by atoms with Crippen LogP contribution in [0, 0.1) is 6.92 Å². The Kier molecular flexibility index (Phi) is 8.50. The standard InChI is InChI=1S/C14H15N.C10H14.C7H8/c1-10-6-5-9-13-14(10)11-7-3-4-8-12(11)15(13)2;1-3-9(2)10-7-5-4-6-8-10;1-7-5-3-2-4-6-7/h3-9,13-14H,1-2H3;4-9H,3H2,1-2H3;2-6H,1H3. The Morgan fingerprint density at radius 3 is 2.00 bits per heavy atom. The molecule has 1 heteroatoms. The largest absolute Gasteiger partial charge is 0.367 e. The van der Waals surface area contributed by atoms with E-state index in [-0.39, 0.29) is 0 Å². The fraction of sp³-hybridized carbons (Fsp3) is 0.290. The van der Waals surface area contributed by atoms with Crippen molar-refractivity contribution in [1.29, 1.82) is 0 Å². The molecule has 32 heavy (non-hydrogen) atoms. The summed E-state index contributed by atoms with van der Waals surface area (Å²) >= 11 is 0. The molecule has 166 valence electrons. The topological polar surface area (TPSA) is 3.24 Å². The highest BCUT2D eigenvalue weighted by Gasteiger charge is 2.36. The van der Waals surface area contributed by atoms with Crippen LogP contribution in [0.3, 0.4) is 0 Å². The summed E-state index contributed by atoms with van der Waals surface area (Å²) in [6.07, 6.45) is 7.94. The van der Waals surface area contributed by atoms with E-state index in [1.54, 1.807) is 0 Å². The number of aryl methyl sites for hydroxylation is 1. The van der Waals surface area contributed by atoms with Crippen molar-refractivity contribution < 1.29 is 0 Å². The molecule has 1 aliphatic carbocycles. The molecule has 3 aromatic carbocycles. The number of fused-ring (bicyclic) bond motifs is 3. The molecule has 0 aromatic heterocycles. The van der Waals surface area contributed by atoms with E-state index in [1.165, 1.54) is 34.4 Å². The van der Waals surface area contributed by atoms with E-state index in [9.17, 15) is 0 Å². The maximum atomic E-state index is 2.38. The fourth-order valence-electron chi connectivity index (χ4n) is 4.37. The molecule has 3 aromatic rings. The van der Waals surface area contributed by atoms with Crippen LogP contribution in [-0.2, 0) is 0 Å². The smallest absolute Gasteiger partial charge is 0.0579 e. The summed E-state index contributed by atoms with van der Waals surface area (Å²) < 4.78 is 0. The minimum atomic E-state index is 0.521. The second-order valence-electron chi connectivity index (χ2n) is 8.81. The third kappa shape index (κ3) is 5.79. The highest BCUT2D eigenvalue weighted by atomic mass is 15.2. The summed E-state index contributed by atoms with van der Waals surface area (Å²) in [7, 11) is 2.19. The molecule has 0 fully saturated rings. The number of hydrogen-bond donors (Lipinski definition) is 0. The zero-order valence-electron chi connectivity index (χ0n) is 20.2. The number of anilines is 1. The van der Waals surface area contributed by atoms with Gasteiger partial charge in [0.1, 0.15) is 0 Å². The SMILES string of the molecule is CC1=CC=CC2C1c1ccccc1N2C.CCC(C)c1ccccc1.Cc1ccccc1. The maximum absolute atomic E-state index is 2.38. The molecule has 5 rings (SSSR count). The second-order valence-corrected chi connectivity index (χ2v) is 8.81. The maximum Gasteiger partial charge on any atom is 0.0579 e. The highest BCUT2D eigenvalue weighted by molar-refractivity contribution is 5.65. The lowest BCUT2D eigenvalue weighted by Gasteiger charge is -2.26. The van der Waals surface area contributed by atoms with Crippen molar-refractivity contribution in [2.75, 3.05) is 11.9 Å². The Morgan fingerprint density at radius 1 is 0.812 bits per heavy atom. The first-order valence-electron chi connectivity index (χ1n) is 11.8. The van der Waals surface area contributed by atoms with Crippen LogP contribution < -0.4 is 4.90 Å². The zero-order chi connectivity index (χ0) is 22.9. The molecule has 0 bridgehead atoms. The summed E-state index contributed by atoms with van der Waals surface area (Å²) in [5.74, 6) is 1.28. The van der Waals surface area contributed by atoms with Gasteiger partial charge in [-0.1, -0.05) is 122 Å². The van der Waals surface area contributed by atoms with Crippen molar-refractivity contribution in [3.63, 3.8) is 0 Å². The summed E-state index contributed by atoms with van der Waals surface area (Å²) in [5.41, 5.74) is 7.10. The third-order valence-corrected chi connectivity index (χ3v) is 6.52. The molecule has 0 radical (unpaired) electrons. The van der Waals surface area contributed by atoms with E-state index in [0.29, 0.717) is 17.9 Å². The Hall–Kier alpha value is -3.06. The van der Waals surface area contributed by atoms with Crippen molar-refractivity contribution >= 4 is 5.69 Å². The average molecular weight is 424 g/mol. The van der Waals surface area contributed by atoms with Gasteiger partial charge in [-0.3, -0.25) is 0 Å². The number of rotatable bonds is 2. The van der Waals surface area contributed by atoms with Crippen LogP contribution in [0.15, 0.2) is 109 Å². The van der Waals surface area contributed by atoms with Crippen LogP contribution in [0.5, 0.6) is 0 Å². The minimum absolute atomic E-state index is 0.521. The first kappa shape index (κ1) is 23.6. The van der Waals surface area contributed by atoms with Gasteiger partial charge in [-0.15, -0.1) is 0 Å². The van der Waals surface area contributed by atoms with Gasteiger partial charge in [-0.25, -0.2) is 0 Å². The first-order chi connectivity index (χ1) is 15.5. The van der Waals surface area contributed by atoms with Gasteiger partial charge in [-0.2, -0.15) is 0 Å². The first-order valence-corrected chi connectivity index (χ1v) is 11.8. The Bertz CT molecular complexity index is 1020. The normalized spacial score (nSPS) is 18.8. The Morgan fingerprint density at radius 2 is 1.41 bits per heavy atom. The molecular formula is C31H37N. The molecule has 3 unspecified atom stereocenters. The van der Waals surface area contributed by atoms with Crippen LogP contribution in [0.4, 0.5) is 5.69 Å². The number of likely N-dealkylation sites (N-methyl/N-ethyl adjacent to an activating group) is 1. The van der Waals surface area contributed by atoms with Gasteiger partial charge in [0.25, 0.3) is 0 Å². The molecule has 0 N–H and O–H groups in total. The van der Waals surface area contributed by atoms with Gasteiger partial charge in [0.15, 0.2) is 0 Å².